The molecule has 2 atom stereocenters. The number of allylic oxidation sites excluding steroid dienone is 2. The average Bonchev–Trinajstić information content (AvgIpc) is 2.34. The molecule has 124 valence electrons. The SMILES string of the molecule is CC(C)=CC(=O)C1CC2COCC(C1)N2C(=O)OC(C)(C)C. The first kappa shape index (κ1) is 17.0. The highest BCUT2D eigenvalue weighted by Crippen LogP contribution is 2.33. The van der Waals surface area contributed by atoms with E-state index in [-0.39, 0.29) is 29.9 Å². The summed E-state index contributed by atoms with van der Waals surface area (Å²) < 4.78 is 11.1. The van der Waals surface area contributed by atoms with Crippen LogP contribution >= 0.6 is 0 Å². The van der Waals surface area contributed by atoms with Gasteiger partial charge >= 0.3 is 6.09 Å². The Bertz CT molecular complexity index is 460. The Morgan fingerprint density at radius 2 is 1.68 bits per heavy atom. The number of carbonyl (C=O) groups excluding carboxylic acids is 2. The van der Waals surface area contributed by atoms with Gasteiger partial charge in [0.25, 0.3) is 0 Å². The minimum absolute atomic E-state index is 0.0208. The van der Waals surface area contributed by atoms with Crippen LogP contribution in [0.3, 0.4) is 0 Å². The summed E-state index contributed by atoms with van der Waals surface area (Å²) in [5, 5.41) is 0. The fourth-order valence-corrected chi connectivity index (χ4v) is 3.16. The van der Waals surface area contributed by atoms with Gasteiger partial charge < -0.3 is 9.47 Å². The smallest absolute Gasteiger partial charge is 0.410 e. The number of ether oxygens (including phenoxy) is 2. The number of morpholine rings is 1. The fraction of sp³-hybridized carbons (Fsp3) is 0.765. The summed E-state index contributed by atoms with van der Waals surface area (Å²) in [6.45, 7) is 10.4. The van der Waals surface area contributed by atoms with Crippen molar-refractivity contribution in [1.82, 2.24) is 4.90 Å². The highest BCUT2D eigenvalue weighted by Gasteiger charge is 2.44. The van der Waals surface area contributed by atoms with Crippen molar-refractivity contribution < 1.29 is 19.1 Å². The molecule has 1 amide bonds. The molecule has 22 heavy (non-hydrogen) atoms. The number of hydrogen-bond donors (Lipinski definition) is 0. The molecule has 2 saturated heterocycles. The van der Waals surface area contributed by atoms with Gasteiger partial charge in [0.2, 0.25) is 0 Å². The monoisotopic (exact) mass is 309 g/mol. The molecule has 0 radical (unpaired) electrons. The van der Waals surface area contributed by atoms with Crippen LogP contribution in [-0.2, 0) is 14.3 Å². The zero-order valence-corrected chi connectivity index (χ0v) is 14.2. The van der Waals surface area contributed by atoms with Crippen LogP contribution in [0.4, 0.5) is 4.79 Å². The van der Waals surface area contributed by atoms with Gasteiger partial charge in [0.1, 0.15) is 5.60 Å². The van der Waals surface area contributed by atoms with Gasteiger partial charge in [-0.2, -0.15) is 0 Å². The van der Waals surface area contributed by atoms with E-state index in [4.69, 9.17) is 9.47 Å². The molecule has 2 rings (SSSR count). The second-order valence-electron chi connectivity index (χ2n) is 7.53. The molecule has 0 N–H and O–H groups in total. The molecular formula is C17H27NO4. The largest absolute Gasteiger partial charge is 0.444 e. The summed E-state index contributed by atoms with van der Waals surface area (Å²) in [6, 6.07) is -0.135. The van der Waals surface area contributed by atoms with E-state index in [1.807, 2.05) is 34.6 Å². The number of ketones is 1. The van der Waals surface area contributed by atoms with E-state index in [9.17, 15) is 9.59 Å². The lowest BCUT2D eigenvalue weighted by Crippen LogP contribution is -2.60. The maximum Gasteiger partial charge on any atom is 0.410 e. The minimum atomic E-state index is -0.513. The Balaban J connectivity index is 2.10. The van der Waals surface area contributed by atoms with Crippen molar-refractivity contribution in [2.75, 3.05) is 13.2 Å². The highest BCUT2D eigenvalue weighted by molar-refractivity contribution is 5.92. The van der Waals surface area contributed by atoms with Crippen LogP contribution in [0.5, 0.6) is 0 Å². The molecule has 0 aliphatic carbocycles. The first-order valence-corrected chi connectivity index (χ1v) is 7.95. The van der Waals surface area contributed by atoms with E-state index in [1.165, 1.54) is 0 Å². The normalized spacial score (nSPS) is 28.0. The van der Waals surface area contributed by atoms with Crippen molar-refractivity contribution in [3.05, 3.63) is 11.6 Å². The van der Waals surface area contributed by atoms with Crippen molar-refractivity contribution in [3.8, 4) is 0 Å². The number of rotatable bonds is 2. The first-order valence-electron chi connectivity index (χ1n) is 7.95. The van der Waals surface area contributed by atoms with E-state index in [0.29, 0.717) is 26.1 Å². The molecular weight excluding hydrogens is 282 g/mol. The molecule has 2 heterocycles. The lowest BCUT2D eigenvalue weighted by molar-refractivity contribution is -0.127. The van der Waals surface area contributed by atoms with Gasteiger partial charge in [-0.15, -0.1) is 0 Å². The Kier molecular flexibility index (Phi) is 4.95. The number of carbonyl (C=O) groups is 2. The summed E-state index contributed by atoms with van der Waals surface area (Å²) in [4.78, 5) is 26.5. The van der Waals surface area contributed by atoms with Crippen molar-refractivity contribution in [1.29, 1.82) is 0 Å². The van der Waals surface area contributed by atoms with Crippen LogP contribution in [0.15, 0.2) is 11.6 Å². The van der Waals surface area contributed by atoms with Crippen LogP contribution in [-0.4, -0.2) is 47.7 Å². The van der Waals surface area contributed by atoms with E-state index in [1.54, 1.807) is 11.0 Å². The lowest BCUT2D eigenvalue weighted by Gasteiger charge is -2.47. The fourth-order valence-electron chi connectivity index (χ4n) is 3.16. The summed E-state index contributed by atoms with van der Waals surface area (Å²) in [7, 11) is 0. The van der Waals surface area contributed by atoms with Crippen molar-refractivity contribution in [2.24, 2.45) is 5.92 Å². The topological polar surface area (TPSA) is 55.8 Å². The second-order valence-corrected chi connectivity index (χ2v) is 7.53. The Morgan fingerprint density at radius 1 is 1.14 bits per heavy atom. The van der Waals surface area contributed by atoms with Gasteiger partial charge in [-0.25, -0.2) is 4.79 Å². The minimum Gasteiger partial charge on any atom is -0.444 e. The summed E-state index contributed by atoms with van der Waals surface area (Å²) in [5.41, 5.74) is 0.502. The third-order valence-corrected chi connectivity index (χ3v) is 3.96. The second kappa shape index (κ2) is 6.41. The summed E-state index contributed by atoms with van der Waals surface area (Å²) >= 11 is 0. The number of fused-ring (bicyclic) bond motifs is 2. The maximum absolute atomic E-state index is 12.4. The van der Waals surface area contributed by atoms with Crippen LogP contribution in [0.1, 0.15) is 47.5 Å². The average molecular weight is 309 g/mol. The van der Waals surface area contributed by atoms with Crippen LogP contribution < -0.4 is 0 Å². The molecule has 2 aliphatic rings. The zero-order chi connectivity index (χ0) is 16.5. The standard InChI is InChI=1S/C17H27NO4/c1-11(2)6-15(19)12-7-13-9-21-10-14(8-12)18(13)16(20)22-17(3,4)5/h6,12-14H,7-10H2,1-5H3. The third kappa shape index (κ3) is 4.09. The molecule has 2 unspecified atom stereocenters. The molecule has 5 nitrogen and oxygen atoms in total. The Labute approximate surface area is 132 Å². The molecule has 2 bridgehead atoms. The highest BCUT2D eigenvalue weighted by atomic mass is 16.6. The third-order valence-electron chi connectivity index (χ3n) is 3.96. The molecule has 2 aliphatic heterocycles. The number of hydrogen-bond acceptors (Lipinski definition) is 4. The van der Waals surface area contributed by atoms with Gasteiger partial charge in [-0.3, -0.25) is 9.69 Å². The van der Waals surface area contributed by atoms with Crippen LogP contribution in [0.25, 0.3) is 0 Å². The van der Waals surface area contributed by atoms with Crippen LogP contribution in [0.2, 0.25) is 0 Å². The number of amides is 1. The van der Waals surface area contributed by atoms with Crippen molar-refractivity contribution in [3.63, 3.8) is 0 Å². The zero-order valence-electron chi connectivity index (χ0n) is 14.2. The molecule has 0 aromatic carbocycles. The molecule has 0 aromatic rings. The lowest BCUT2D eigenvalue weighted by atomic mass is 9.82. The maximum atomic E-state index is 12.4. The van der Waals surface area contributed by atoms with Crippen molar-refractivity contribution in [2.45, 2.75) is 65.1 Å². The predicted octanol–water partition coefficient (Wildman–Crippen LogP) is 2.94. The van der Waals surface area contributed by atoms with Gasteiger partial charge in [0, 0.05) is 5.92 Å². The summed E-state index contributed by atoms with van der Waals surface area (Å²) in [6.07, 6.45) is 2.72. The number of nitrogens with zero attached hydrogens (tertiary/aromatic N) is 1. The van der Waals surface area contributed by atoms with Gasteiger partial charge in [0.15, 0.2) is 5.78 Å². The van der Waals surface area contributed by atoms with Crippen LogP contribution in [0, 0.1) is 5.92 Å². The molecule has 0 saturated carbocycles. The van der Waals surface area contributed by atoms with E-state index >= 15 is 0 Å². The Morgan fingerprint density at radius 3 is 2.14 bits per heavy atom. The molecule has 5 heteroatoms. The Hall–Kier alpha value is -1.36. The molecule has 0 aromatic heterocycles. The van der Waals surface area contributed by atoms with Gasteiger partial charge in [-0.05, 0) is 53.5 Å². The van der Waals surface area contributed by atoms with E-state index in [0.717, 1.165) is 5.57 Å². The summed E-state index contributed by atoms with van der Waals surface area (Å²) in [5.74, 6) is 0.147. The van der Waals surface area contributed by atoms with E-state index in [2.05, 4.69) is 0 Å². The molecule has 0 spiro atoms. The van der Waals surface area contributed by atoms with Crippen molar-refractivity contribution >= 4 is 11.9 Å². The predicted molar refractivity (Wildman–Crippen MR) is 83.6 cm³/mol. The van der Waals surface area contributed by atoms with E-state index < -0.39 is 5.60 Å². The quantitative estimate of drug-likeness (QED) is 0.736. The first-order chi connectivity index (χ1) is 10.2. The van der Waals surface area contributed by atoms with Gasteiger partial charge in [-0.1, -0.05) is 5.57 Å². The molecule has 2 fully saturated rings. The van der Waals surface area contributed by atoms with Gasteiger partial charge in [0.05, 0.1) is 25.3 Å². The number of piperidine rings is 1.